The van der Waals surface area contributed by atoms with Gasteiger partial charge in [-0.25, -0.2) is 15.0 Å². The van der Waals surface area contributed by atoms with Crippen molar-refractivity contribution in [3.63, 3.8) is 0 Å². The molecule has 0 unspecified atom stereocenters. The van der Waals surface area contributed by atoms with Crippen molar-refractivity contribution in [2.24, 2.45) is 0 Å². The minimum atomic E-state index is -4.56. The molecule has 1 saturated heterocycles. The molecule has 2 atom stereocenters. The molecule has 1 aliphatic rings. The Kier molecular flexibility index (Phi) is 6.45. The second-order valence-corrected chi connectivity index (χ2v) is 8.87. The first-order chi connectivity index (χ1) is 18.1. The number of carboxylic acid groups (broad SMARTS) is 1. The summed E-state index contributed by atoms with van der Waals surface area (Å²) in [6.45, 7) is 0.525. The van der Waals surface area contributed by atoms with Gasteiger partial charge in [-0.1, -0.05) is 12.1 Å². The first-order valence-electron chi connectivity index (χ1n) is 11.7. The number of aliphatic carboxylic acids is 1. The number of aromatic nitrogens is 4. The van der Waals surface area contributed by atoms with Crippen LogP contribution in [0.15, 0.2) is 55.0 Å². The van der Waals surface area contributed by atoms with Crippen LogP contribution in [0.2, 0.25) is 0 Å². The molecule has 0 aliphatic carbocycles. The van der Waals surface area contributed by atoms with Gasteiger partial charge in [-0.05, 0) is 43.7 Å². The number of anilines is 2. The third-order valence-electron chi connectivity index (χ3n) is 6.43. The number of amides is 1. The van der Waals surface area contributed by atoms with Crippen molar-refractivity contribution >= 4 is 29.0 Å². The summed E-state index contributed by atoms with van der Waals surface area (Å²) in [6, 6.07) is 7.22. The summed E-state index contributed by atoms with van der Waals surface area (Å²) >= 11 is 0. The van der Waals surface area contributed by atoms with E-state index in [1.807, 2.05) is 4.40 Å². The van der Waals surface area contributed by atoms with Crippen LogP contribution in [0.5, 0.6) is 0 Å². The van der Waals surface area contributed by atoms with E-state index in [1.54, 1.807) is 24.5 Å². The van der Waals surface area contributed by atoms with Gasteiger partial charge in [0.2, 0.25) is 0 Å². The minimum absolute atomic E-state index is 0.134. The van der Waals surface area contributed by atoms with Crippen molar-refractivity contribution in [2.45, 2.75) is 31.0 Å². The van der Waals surface area contributed by atoms with Crippen molar-refractivity contribution in [3.05, 3.63) is 71.9 Å². The lowest BCUT2D eigenvalue weighted by molar-refractivity contribution is -0.140. The highest BCUT2D eigenvalue weighted by Crippen LogP contribution is 2.35. The fourth-order valence-electron chi connectivity index (χ4n) is 4.56. The van der Waals surface area contributed by atoms with E-state index in [0.29, 0.717) is 42.0 Å². The zero-order valence-electron chi connectivity index (χ0n) is 19.7. The number of rotatable bonds is 5. The highest BCUT2D eigenvalue weighted by molar-refractivity contribution is 6.04. The summed E-state index contributed by atoms with van der Waals surface area (Å²) in [5, 5.41) is 14.8. The molecule has 0 saturated carbocycles. The summed E-state index contributed by atoms with van der Waals surface area (Å²) in [6.07, 6.45) is 0.728. The number of nitrogens with two attached hydrogens (primary N) is 1. The van der Waals surface area contributed by atoms with Gasteiger partial charge >= 0.3 is 12.1 Å². The summed E-state index contributed by atoms with van der Waals surface area (Å²) in [5.41, 5.74) is 7.17. The van der Waals surface area contributed by atoms with Gasteiger partial charge in [0.05, 0.1) is 5.56 Å². The number of fused-ring (bicyclic) bond motifs is 1. The Morgan fingerprint density at radius 2 is 1.89 bits per heavy atom. The summed E-state index contributed by atoms with van der Waals surface area (Å²) in [5.74, 6) is -1.01. The van der Waals surface area contributed by atoms with Gasteiger partial charge in [-0.2, -0.15) is 13.2 Å². The van der Waals surface area contributed by atoms with E-state index < -0.39 is 29.7 Å². The lowest BCUT2D eigenvalue weighted by Gasteiger charge is -2.27. The topological polar surface area (TPSA) is 148 Å². The Labute approximate surface area is 213 Å². The van der Waals surface area contributed by atoms with E-state index in [2.05, 4.69) is 20.6 Å². The maximum atomic E-state index is 13.0. The smallest absolute Gasteiger partial charge is 0.416 e. The normalized spacial score (nSPS) is 17.9. The zero-order valence-corrected chi connectivity index (χ0v) is 19.7. The molecule has 0 radical (unpaired) electrons. The molecule has 3 aromatic heterocycles. The van der Waals surface area contributed by atoms with Crippen LogP contribution >= 0.6 is 0 Å². The summed E-state index contributed by atoms with van der Waals surface area (Å²) in [7, 11) is 0. The number of carbonyl (C=O) groups excluding carboxylic acids is 1. The Bertz CT molecular complexity index is 1520. The van der Waals surface area contributed by atoms with E-state index in [1.165, 1.54) is 12.1 Å². The van der Waals surface area contributed by atoms with Crippen molar-refractivity contribution in [1.82, 2.24) is 24.7 Å². The standard InChI is InChI=1S/C25H22F3N7O3/c26-25(27,28)16-6-8-31-18(12-16)33-23(36)14-3-1-13(2-4-14)19-20-21(29)32-9-10-35(20)22(34-19)15-5-7-30-17(11-15)24(37)38/h1-4,6,8-10,12,15,17,30H,5,7,11H2,(H2,29,32)(H,37,38)(H,31,33,36)/t15-,17-/m1/s1. The fourth-order valence-corrected chi connectivity index (χ4v) is 4.56. The molecule has 4 aromatic rings. The largest absolute Gasteiger partial charge is 0.480 e. The molecule has 5 rings (SSSR count). The van der Waals surface area contributed by atoms with Gasteiger partial charge in [0.1, 0.15) is 34.7 Å². The van der Waals surface area contributed by atoms with Crippen molar-refractivity contribution in [3.8, 4) is 11.3 Å². The van der Waals surface area contributed by atoms with Gasteiger partial charge in [-0.3, -0.25) is 14.0 Å². The van der Waals surface area contributed by atoms with Crippen LogP contribution in [0.4, 0.5) is 24.8 Å². The van der Waals surface area contributed by atoms with Gasteiger partial charge in [0, 0.05) is 35.6 Å². The maximum absolute atomic E-state index is 13.0. The van der Waals surface area contributed by atoms with E-state index in [9.17, 15) is 27.9 Å². The first-order valence-corrected chi connectivity index (χ1v) is 11.7. The quantitative estimate of drug-likeness (QED) is 0.309. The van der Waals surface area contributed by atoms with Crippen LogP contribution in [0.1, 0.15) is 40.5 Å². The van der Waals surface area contributed by atoms with Crippen molar-refractivity contribution in [2.75, 3.05) is 17.6 Å². The van der Waals surface area contributed by atoms with Gasteiger partial charge in [0.25, 0.3) is 5.91 Å². The molecule has 1 fully saturated rings. The molecule has 10 nitrogen and oxygen atoms in total. The molecule has 38 heavy (non-hydrogen) atoms. The molecule has 0 spiro atoms. The maximum Gasteiger partial charge on any atom is 0.416 e. The molecule has 4 heterocycles. The van der Waals surface area contributed by atoms with Crippen LogP contribution in [0.3, 0.4) is 0 Å². The molecule has 13 heteroatoms. The monoisotopic (exact) mass is 525 g/mol. The second-order valence-electron chi connectivity index (χ2n) is 8.87. The Morgan fingerprint density at radius 3 is 2.61 bits per heavy atom. The molecule has 1 amide bonds. The summed E-state index contributed by atoms with van der Waals surface area (Å²) in [4.78, 5) is 37.0. The number of benzene rings is 1. The molecular weight excluding hydrogens is 503 g/mol. The molecule has 5 N–H and O–H groups in total. The molecule has 0 bridgehead atoms. The number of piperidine rings is 1. The zero-order chi connectivity index (χ0) is 27.0. The van der Waals surface area contributed by atoms with Crippen LogP contribution in [0.25, 0.3) is 16.8 Å². The van der Waals surface area contributed by atoms with E-state index in [0.717, 1.165) is 18.3 Å². The lowest BCUT2D eigenvalue weighted by Crippen LogP contribution is -2.43. The second kappa shape index (κ2) is 9.74. The number of nitrogens with zero attached hydrogens (tertiary/aromatic N) is 4. The molecular formula is C25H22F3N7O3. The number of nitrogen functional groups attached to an aromatic ring is 1. The first kappa shape index (κ1) is 25.1. The fraction of sp³-hybridized carbons (Fsp3) is 0.240. The Balaban J connectivity index is 1.43. The minimum Gasteiger partial charge on any atom is -0.480 e. The number of imidazole rings is 1. The molecule has 1 aliphatic heterocycles. The number of pyridine rings is 1. The third-order valence-corrected chi connectivity index (χ3v) is 6.43. The van der Waals surface area contributed by atoms with Crippen LogP contribution in [0, 0.1) is 0 Å². The lowest BCUT2D eigenvalue weighted by atomic mass is 9.92. The molecule has 196 valence electrons. The molecule has 1 aromatic carbocycles. The summed E-state index contributed by atoms with van der Waals surface area (Å²) < 4.78 is 40.7. The van der Waals surface area contributed by atoms with E-state index in [-0.39, 0.29) is 23.1 Å². The number of nitrogens with one attached hydrogen (secondary N) is 2. The predicted molar refractivity (Wildman–Crippen MR) is 131 cm³/mol. The number of hydrogen-bond donors (Lipinski definition) is 4. The van der Waals surface area contributed by atoms with Gasteiger partial charge < -0.3 is 21.5 Å². The van der Waals surface area contributed by atoms with Crippen molar-refractivity contribution < 1.29 is 27.9 Å². The average molecular weight is 525 g/mol. The Morgan fingerprint density at radius 1 is 1.13 bits per heavy atom. The SMILES string of the molecule is Nc1nccn2c([C@@H]3CCN[C@@H](C(=O)O)C3)nc(-c3ccc(C(=O)Nc4cc(C(F)(F)F)ccn4)cc3)c12. The number of halogens is 3. The predicted octanol–water partition coefficient (Wildman–Crippen LogP) is 3.56. The number of alkyl halides is 3. The van der Waals surface area contributed by atoms with Gasteiger partial charge in [-0.15, -0.1) is 0 Å². The number of carbonyl (C=O) groups is 2. The highest BCUT2D eigenvalue weighted by atomic mass is 19.4. The van der Waals surface area contributed by atoms with E-state index in [4.69, 9.17) is 10.7 Å². The van der Waals surface area contributed by atoms with Crippen molar-refractivity contribution in [1.29, 1.82) is 0 Å². The van der Waals surface area contributed by atoms with Crippen LogP contribution in [-0.2, 0) is 11.0 Å². The average Bonchev–Trinajstić information content (AvgIpc) is 3.29. The highest BCUT2D eigenvalue weighted by Gasteiger charge is 2.32. The van der Waals surface area contributed by atoms with E-state index >= 15 is 0 Å². The Hall–Kier alpha value is -4.52. The van der Waals surface area contributed by atoms with Crippen LogP contribution in [-0.4, -0.2) is 48.9 Å². The van der Waals surface area contributed by atoms with Gasteiger partial charge in [0.15, 0.2) is 0 Å². The number of hydrogen-bond acceptors (Lipinski definition) is 7. The van der Waals surface area contributed by atoms with Crippen LogP contribution < -0.4 is 16.4 Å². The number of carboxylic acids is 1. The third kappa shape index (κ3) is 4.87.